The number of nitrogens with two attached hydrogens (primary N) is 2. The Morgan fingerprint density at radius 3 is 0.966 bits per heavy atom. The lowest BCUT2D eigenvalue weighted by molar-refractivity contribution is 0.180. The van der Waals surface area contributed by atoms with E-state index in [1.165, 1.54) is 35.4 Å². The molecule has 0 saturated heterocycles. The van der Waals surface area contributed by atoms with E-state index in [4.69, 9.17) is 49.4 Å². The number of fused-ring (bicyclic) bond motifs is 6. The van der Waals surface area contributed by atoms with Gasteiger partial charge in [-0.15, -0.1) is 0 Å². The van der Waals surface area contributed by atoms with E-state index in [-0.39, 0.29) is 27.8 Å². The standard InChI is InChI=1S/C22H17FN2O.C21H14ClFN2O.C21H16FN3.C20H13ClFN3.C19H15N3O.C19H16N2O/c1-14-12-16(5-7-19(14)23)22-17(4-3-10-25-22)15-6-8-20-18(13-15)21(26-2)9-11-24-20;1-26-20-8-10-24-19-7-5-13(11-16(19)20)15-3-2-9-25-21(15)14-4-6-18(23)17(22)12-14;1-13-11-15(4-6-18(13)22)21-16(3-2-9-25-21)14-5-7-20-17(12-14)19(23)8-10-24-20;21-16-11-13(3-5-17(16)22)20-14(2-1-8-25-20)12-4-6-19-15(10-12)18(23)7-9-24-19;23-22-18-6-4-14-12-15(3-5-16(14)18)19-17(2-1-9-21-19)13-7-10-20-11-8-13;22-18-6-4-14-12-15(3-5-16(14)18)19-17(2-1-9-21-19)13-7-10-20-11-8-13/h3-13H,1-2H3;2-12H,1H3;2-12H,1H3,(H2,23,24);1-11H,(H2,23,24);1-3,5,7-12,23H,4,6H2;1-3,5,7-12,18,22H,4,6H2/b;;;;22-18-;. The molecule has 0 bridgehead atoms. The number of nitrogen functional groups attached to an aromatic ring is 2. The van der Waals surface area contributed by atoms with Gasteiger partial charge in [-0.2, -0.15) is 0 Å². The molecule has 12 heterocycles. The summed E-state index contributed by atoms with van der Waals surface area (Å²) in [5.74, 6) is 0.201. The van der Waals surface area contributed by atoms with Crippen LogP contribution in [0.5, 0.6) is 11.5 Å². The third-order valence-electron chi connectivity index (χ3n) is 25.6. The fourth-order valence-corrected chi connectivity index (χ4v) is 18.6. The van der Waals surface area contributed by atoms with Crippen LogP contribution in [-0.2, 0) is 12.8 Å². The van der Waals surface area contributed by atoms with Gasteiger partial charge < -0.3 is 31.3 Å². The van der Waals surface area contributed by atoms with Crippen LogP contribution < -0.4 is 20.9 Å². The number of anilines is 2. The van der Waals surface area contributed by atoms with Gasteiger partial charge in [0, 0.05) is 192 Å². The number of aliphatic hydroxyl groups is 1. The minimum absolute atomic E-state index is 0.0704. The summed E-state index contributed by atoms with van der Waals surface area (Å²) in [5, 5.41) is 26.2. The van der Waals surface area contributed by atoms with Crippen LogP contribution in [-0.4, -0.2) is 90.1 Å². The predicted molar refractivity (Wildman–Crippen MR) is 579 cm³/mol. The SMILES string of the molecule is COc1ccnc2ccc(-c3cccnc3-c3ccc(F)c(C)c3)cc12.COc1ccnc2ccc(-c3cccnc3-c3ccc(F)c(Cl)c3)cc12.Cc1cc(-c2ncccc2-c2ccc3nccc(N)c3c2)ccc1F.Nc1ccnc2ccc(-c3cccnc3-c3ccc(F)c(Cl)c3)cc12.O/N=C1/CCc2cc(-c3ncccc3-c3ccncc3)ccc21.OC1CCc2cc(-c3ncccc3-c3ccncc3)ccc21. The van der Waals surface area contributed by atoms with Gasteiger partial charge in [0.05, 0.1) is 92.3 Å². The van der Waals surface area contributed by atoms with E-state index in [0.29, 0.717) is 22.5 Å². The van der Waals surface area contributed by atoms with E-state index < -0.39 is 11.6 Å². The number of hydrogen-bond acceptors (Lipinski definition) is 19. The fourth-order valence-electron chi connectivity index (χ4n) is 18.2. The maximum atomic E-state index is 13.7. The van der Waals surface area contributed by atoms with Crippen LogP contribution >= 0.6 is 23.2 Å². The summed E-state index contributed by atoms with van der Waals surface area (Å²) < 4.78 is 65.2. The maximum Gasteiger partial charge on any atom is 0.141 e. The molecule has 10 aromatic carbocycles. The molecular weight excluding hydrogens is 1890 g/mol. The average Bonchev–Trinajstić information content (AvgIpc) is 1.29. The Morgan fingerprint density at radius 1 is 0.293 bits per heavy atom. The first-order valence-corrected chi connectivity index (χ1v) is 47.8. The molecule has 24 rings (SSSR count). The Bertz CT molecular complexity index is 8340. The van der Waals surface area contributed by atoms with Gasteiger partial charge in [0.25, 0.3) is 0 Å². The van der Waals surface area contributed by atoms with Crippen LogP contribution in [0.2, 0.25) is 10.0 Å². The summed E-state index contributed by atoms with van der Waals surface area (Å²) in [5.41, 5.74) is 46.0. The maximum absolute atomic E-state index is 13.7. The smallest absolute Gasteiger partial charge is 0.141 e. The molecule has 0 radical (unpaired) electrons. The van der Waals surface area contributed by atoms with Gasteiger partial charge in [-0.25, -0.2) is 17.6 Å². The molecule has 0 amide bonds. The van der Waals surface area contributed by atoms with Crippen molar-refractivity contribution in [2.75, 3.05) is 25.7 Å². The van der Waals surface area contributed by atoms with E-state index in [1.807, 2.05) is 207 Å². The summed E-state index contributed by atoms with van der Waals surface area (Å²) in [6, 6.07) is 94.5. The van der Waals surface area contributed by atoms with E-state index in [0.717, 1.165) is 232 Å². The predicted octanol–water partition coefficient (Wildman–Crippen LogP) is 29.2. The molecule has 25 heteroatoms. The van der Waals surface area contributed by atoms with Crippen LogP contribution in [0.1, 0.15) is 52.3 Å². The first-order valence-electron chi connectivity index (χ1n) is 47.1. The van der Waals surface area contributed by atoms with Crippen LogP contribution in [0.15, 0.2) is 395 Å². The highest BCUT2D eigenvalue weighted by molar-refractivity contribution is 6.31. The number of halogens is 6. The van der Waals surface area contributed by atoms with Crippen molar-refractivity contribution < 1.29 is 37.3 Å². The highest BCUT2D eigenvalue weighted by Crippen LogP contribution is 2.44. The molecule has 0 saturated carbocycles. The van der Waals surface area contributed by atoms with Crippen molar-refractivity contribution in [1.29, 1.82) is 0 Å². The van der Waals surface area contributed by atoms with Crippen molar-refractivity contribution in [3.63, 3.8) is 0 Å². The summed E-state index contributed by atoms with van der Waals surface area (Å²) in [6.07, 6.45) is 27.7. The lowest BCUT2D eigenvalue weighted by atomic mass is 9.97. The van der Waals surface area contributed by atoms with Crippen molar-refractivity contribution in [3.05, 3.63) is 457 Å². The molecule has 0 aliphatic heterocycles. The number of benzene rings is 10. The number of aliphatic hydroxyl groups excluding tert-OH is 1. The normalized spacial score (nSPS) is 12.4. The lowest BCUT2D eigenvalue weighted by Gasteiger charge is -2.12. The third-order valence-corrected chi connectivity index (χ3v) is 26.2. The number of pyridine rings is 12. The molecule has 22 aromatic rings. The summed E-state index contributed by atoms with van der Waals surface area (Å²) >= 11 is 11.9. The minimum atomic E-state index is -0.451. The quantitative estimate of drug-likeness (QED) is 0.0447. The average molecular weight is 1980 g/mol. The van der Waals surface area contributed by atoms with Crippen molar-refractivity contribution in [2.45, 2.75) is 45.6 Å². The minimum Gasteiger partial charge on any atom is -0.496 e. The van der Waals surface area contributed by atoms with Crippen molar-refractivity contribution in [3.8, 4) is 146 Å². The second-order valence-electron chi connectivity index (χ2n) is 34.7. The Labute approximate surface area is 854 Å². The van der Waals surface area contributed by atoms with Gasteiger partial charge in [-0.05, 0) is 319 Å². The number of aryl methyl sites for hydroxylation is 4. The lowest BCUT2D eigenvalue weighted by Crippen LogP contribution is -1.95. The zero-order valence-corrected chi connectivity index (χ0v) is 81.3. The van der Waals surface area contributed by atoms with Gasteiger partial charge in [0.1, 0.15) is 34.8 Å². The molecule has 0 spiro atoms. The zero-order chi connectivity index (χ0) is 102. The van der Waals surface area contributed by atoms with Crippen molar-refractivity contribution in [1.82, 2.24) is 59.8 Å². The number of hydrogen-bond donors (Lipinski definition) is 4. The highest BCUT2D eigenvalue weighted by Gasteiger charge is 2.25. The molecular formula is C122H91Cl2F4N15O4. The number of oxime groups is 1. The molecule has 147 heavy (non-hydrogen) atoms. The molecule has 1 unspecified atom stereocenters. The van der Waals surface area contributed by atoms with E-state index >= 15 is 0 Å². The second-order valence-corrected chi connectivity index (χ2v) is 35.5. The Morgan fingerprint density at radius 2 is 0.605 bits per heavy atom. The number of ether oxygens (including phenoxy) is 2. The molecule has 2 aliphatic carbocycles. The molecule has 2 aliphatic rings. The third kappa shape index (κ3) is 21.7. The molecule has 1 atom stereocenters. The largest absolute Gasteiger partial charge is 0.496 e. The number of rotatable bonds is 14. The summed E-state index contributed by atoms with van der Waals surface area (Å²) in [6.45, 7) is 3.51. The topological polar surface area (TPSA) is 278 Å². The van der Waals surface area contributed by atoms with E-state index in [1.54, 1.807) is 151 Å². The molecule has 6 N–H and O–H groups in total. The molecule has 19 nitrogen and oxygen atoms in total. The van der Waals surface area contributed by atoms with Gasteiger partial charge in [-0.3, -0.25) is 59.8 Å². The number of aromatic nitrogens is 12. The van der Waals surface area contributed by atoms with Gasteiger partial charge in [0.2, 0.25) is 0 Å². The molecule has 720 valence electrons. The second kappa shape index (κ2) is 44.6. The molecule has 0 fully saturated rings. The van der Waals surface area contributed by atoms with Crippen LogP contribution in [0.3, 0.4) is 0 Å². The van der Waals surface area contributed by atoms with Crippen LogP contribution in [0.4, 0.5) is 28.9 Å². The zero-order valence-electron chi connectivity index (χ0n) is 79.8. The van der Waals surface area contributed by atoms with E-state index in [2.05, 4.69) is 101 Å². The monoisotopic (exact) mass is 1980 g/mol. The van der Waals surface area contributed by atoms with Gasteiger partial charge in [0.15, 0.2) is 0 Å². The van der Waals surface area contributed by atoms with Crippen LogP contribution in [0.25, 0.3) is 178 Å². The number of nitrogens with zero attached hydrogens (tertiary/aromatic N) is 13. The van der Waals surface area contributed by atoms with Crippen LogP contribution in [0, 0.1) is 37.1 Å². The number of methoxy groups -OCH3 is 2. The fraction of sp³-hybridized carbons (Fsp3) is 0.0738. The summed E-state index contributed by atoms with van der Waals surface area (Å²) in [4.78, 5) is 52.8. The van der Waals surface area contributed by atoms with Gasteiger partial charge >= 0.3 is 0 Å². The Hall–Kier alpha value is -18.0. The molecule has 12 aromatic heterocycles. The van der Waals surface area contributed by atoms with Crippen molar-refractivity contribution >= 4 is 83.9 Å². The summed E-state index contributed by atoms with van der Waals surface area (Å²) in [7, 11) is 3.29. The first kappa shape index (κ1) is 97.8. The Kier molecular flexibility index (Phi) is 29.7. The van der Waals surface area contributed by atoms with E-state index in [9.17, 15) is 22.7 Å². The first-order chi connectivity index (χ1) is 71.8. The Balaban J connectivity index is 0.000000111. The van der Waals surface area contributed by atoms with Gasteiger partial charge in [-0.1, -0.05) is 113 Å². The highest BCUT2D eigenvalue weighted by atomic mass is 35.5. The van der Waals surface area contributed by atoms with Crippen molar-refractivity contribution in [2.24, 2.45) is 5.16 Å².